The van der Waals surface area contributed by atoms with Crippen LogP contribution in [0.2, 0.25) is 0 Å². The van der Waals surface area contributed by atoms with Gasteiger partial charge in [0.05, 0.1) is 0 Å². The van der Waals surface area contributed by atoms with E-state index in [9.17, 15) is 4.79 Å². The quantitative estimate of drug-likeness (QED) is 0.844. The zero-order valence-electron chi connectivity index (χ0n) is 14.1. The van der Waals surface area contributed by atoms with E-state index in [2.05, 4.69) is 24.1 Å². The van der Waals surface area contributed by atoms with Crippen LogP contribution in [0.3, 0.4) is 0 Å². The van der Waals surface area contributed by atoms with Gasteiger partial charge in [-0.1, -0.05) is 0 Å². The molecule has 0 aliphatic carbocycles. The Kier molecular flexibility index (Phi) is 6.49. The van der Waals surface area contributed by atoms with Crippen molar-refractivity contribution in [2.75, 3.05) is 33.2 Å². The van der Waals surface area contributed by atoms with Crippen molar-refractivity contribution in [3.63, 3.8) is 0 Å². The molecule has 1 unspecified atom stereocenters. The van der Waals surface area contributed by atoms with Crippen LogP contribution < -0.4 is 5.32 Å². The maximum atomic E-state index is 12.4. The SMILES string of the molecule is CC(C)N1CCC(N(C)C(=O)CCC2CCCNC2)CC1. The van der Waals surface area contributed by atoms with Gasteiger partial charge < -0.3 is 15.1 Å². The first-order valence-electron chi connectivity index (χ1n) is 8.78. The number of nitrogens with one attached hydrogen (secondary N) is 1. The lowest BCUT2D eigenvalue weighted by Crippen LogP contribution is -2.47. The molecule has 1 amide bonds. The average Bonchev–Trinajstić information content (AvgIpc) is 2.53. The highest BCUT2D eigenvalue weighted by atomic mass is 16.2. The van der Waals surface area contributed by atoms with Gasteiger partial charge in [-0.3, -0.25) is 4.79 Å². The fourth-order valence-corrected chi connectivity index (χ4v) is 3.67. The molecule has 122 valence electrons. The number of rotatable bonds is 5. The molecule has 2 rings (SSSR count). The molecule has 0 bridgehead atoms. The molecule has 4 nitrogen and oxygen atoms in total. The minimum Gasteiger partial charge on any atom is -0.343 e. The minimum atomic E-state index is 0.351. The van der Waals surface area contributed by atoms with Crippen LogP contribution in [0.5, 0.6) is 0 Å². The van der Waals surface area contributed by atoms with Gasteiger partial charge in [-0.15, -0.1) is 0 Å². The monoisotopic (exact) mass is 295 g/mol. The highest BCUT2D eigenvalue weighted by Gasteiger charge is 2.26. The van der Waals surface area contributed by atoms with Crippen LogP contribution in [0.4, 0.5) is 0 Å². The zero-order valence-corrected chi connectivity index (χ0v) is 14.1. The fraction of sp³-hybridized carbons (Fsp3) is 0.941. The summed E-state index contributed by atoms with van der Waals surface area (Å²) in [5.41, 5.74) is 0. The number of piperidine rings is 2. The molecule has 0 aromatic rings. The van der Waals surface area contributed by atoms with E-state index in [1.807, 2.05) is 11.9 Å². The lowest BCUT2D eigenvalue weighted by Gasteiger charge is -2.38. The minimum absolute atomic E-state index is 0.351. The van der Waals surface area contributed by atoms with Gasteiger partial charge in [0.15, 0.2) is 0 Å². The van der Waals surface area contributed by atoms with E-state index in [0.29, 0.717) is 23.9 Å². The Bertz CT molecular complexity index is 318. The second-order valence-corrected chi connectivity index (χ2v) is 7.12. The molecule has 0 aromatic carbocycles. The molecule has 0 spiro atoms. The second kappa shape index (κ2) is 8.14. The van der Waals surface area contributed by atoms with E-state index in [4.69, 9.17) is 0 Å². The zero-order chi connectivity index (χ0) is 15.2. The molecule has 2 heterocycles. The van der Waals surface area contributed by atoms with Gasteiger partial charge in [-0.25, -0.2) is 0 Å². The standard InChI is InChI=1S/C17H33N3O/c1-14(2)20-11-8-16(9-12-20)19(3)17(21)7-6-15-5-4-10-18-13-15/h14-16,18H,4-13H2,1-3H3. The Morgan fingerprint density at radius 1 is 1.29 bits per heavy atom. The van der Waals surface area contributed by atoms with Crippen molar-refractivity contribution in [1.82, 2.24) is 15.1 Å². The van der Waals surface area contributed by atoms with Crippen LogP contribution in [0.15, 0.2) is 0 Å². The van der Waals surface area contributed by atoms with Gasteiger partial charge in [0.1, 0.15) is 0 Å². The van der Waals surface area contributed by atoms with E-state index in [0.717, 1.165) is 51.9 Å². The molecule has 2 aliphatic rings. The van der Waals surface area contributed by atoms with E-state index in [1.165, 1.54) is 12.8 Å². The molecule has 0 radical (unpaired) electrons. The van der Waals surface area contributed by atoms with Gasteiger partial charge in [0.2, 0.25) is 5.91 Å². The third-order valence-electron chi connectivity index (χ3n) is 5.34. The average molecular weight is 295 g/mol. The molecule has 0 aromatic heterocycles. The molecule has 1 N–H and O–H groups in total. The summed E-state index contributed by atoms with van der Waals surface area (Å²) in [5.74, 6) is 1.06. The Balaban J connectivity index is 1.69. The maximum Gasteiger partial charge on any atom is 0.222 e. The molecular weight excluding hydrogens is 262 g/mol. The van der Waals surface area contributed by atoms with Crippen LogP contribution in [0.25, 0.3) is 0 Å². The second-order valence-electron chi connectivity index (χ2n) is 7.12. The summed E-state index contributed by atoms with van der Waals surface area (Å²) in [7, 11) is 2.01. The first-order valence-corrected chi connectivity index (χ1v) is 8.78. The summed E-state index contributed by atoms with van der Waals surface area (Å²) in [6.45, 7) is 9.03. The number of amides is 1. The van der Waals surface area contributed by atoms with Crippen LogP contribution in [0, 0.1) is 5.92 Å². The smallest absolute Gasteiger partial charge is 0.222 e. The van der Waals surface area contributed by atoms with E-state index in [1.54, 1.807) is 0 Å². The van der Waals surface area contributed by atoms with Crippen molar-refractivity contribution in [1.29, 1.82) is 0 Å². The van der Waals surface area contributed by atoms with E-state index in [-0.39, 0.29) is 0 Å². The third kappa shape index (κ3) is 4.96. The molecule has 2 fully saturated rings. The number of hydrogen-bond donors (Lipinski definition) is 1. The predicted molar refractivity (Wildman–Crippen MR) is 87.3 cm³/mol. The topological polar surface area (TPSA) is 35.6 Å². The molecule has 1 atom stereocenters. The largest absolute Gasteiger partial charge is 0.343 e. The summed E-state index contributed by atoms with van der Waals surface area (Å²) < 4.78 is 0. The molecule has 2 aliphatic heterocycles. The summed E-state index contributed by atoms with van der Waals surface area (Å²) in [6, 6.07) is 1.09. The van der Waals surface area contributed by atoms with Crippen molar-refractivity contribution < 1.29 is 4.79 Å². The molecule has 4 heteroatoms. The molecule has 0 saturated carbocycles. The lowest BCUT2D eigenvalue weighted by atomic mass is 9.94. The van der Waals surface area contributed by atoms with Gasteiger partial charge in [-0.2, -0.15) is 0 Å². The Morgan fingerprint density at radius 2 is 2.00 bits per heavy atom. The summed E-state index contributed by atoms with van der Waals surface area (Å²) >= 11 is 0. The number of hydrogen-bond acceptors (Lipinski definition) is 3. The first-order chi connectivity index (χ1) is 10.1. The van der Waals surface area contributed by atoms with Crippen molar-refractivity contribution in [2.24, 2.45) is 5.92 Å². The Morgan fingerprint density at radius 3 is 2.57 bits per heavy atom. The van der Waals surface area contributed by atoms with Gasteiger partial charge >= 0.3 is 0 Å². The van der Waals surface area contributed by atoms with E-state index < -0.39 is 0 Å². The van der Waals surface area contributed by atoms with Gasteiger partial charge in [-0.05, 0) is 65.0 Å². The predicted octanol–water partition coefficient (Wildman–Crippen LogP) is 2.10. The van der Waals surface area contributed by atoms with Crippen molar-refractivity contribution in [2.45, 2.75) is 64.5 Å². The molecule has 2 saturated heterocycles. The summed E-state index contributed by atoms with van der Waals surface area (Å²) in [5, 5.41) is 3.44. The summed E-state index contributed by atoms with van der Waals surface area (Å²) in [4.78, 5) is 16.9. The van der Waals surface area contributed by atoms with Crippen molar-refractivity contribution in [3.8, 4) is 0 Å². The number of carbonyl (C=O) groups is 1. The Labute approximate surface area is 130 Å². The van der Waals surface area contributed by atoms with E-state index >= 15 is 0 Å². The van der Waals surface area contributed by atoms with Crippen molar-refractivity contribution >= 4 is 5.91 Å². The Hall–Kier alpha value is -0.610. The molecule has 21 heavy (non-hydrogen) atoms. The fourth-order valence-electron chi connectivity index (χ4n) is 3.67. The van der Waals surface area contributed by atoms with Gasteiger partial charge in [0.25, 0.3) is 0 Å². The normalized spacial score (nSPS) is 25.2. The van der Waals surface area contributed by atoms with Crippen LogP contribution in [-0.4, -0.2) is 61.0 Å². The third-order valence-corrected chi connectivity index (χ3v) is 5.34. The van der Waals surface area contributed by atoms with Crippen LogP contribution in [-0.2, 0) is 4.79 Å². The molecular formula is C17H33N3O. The maximum absolute atomic E-state index is 12.4. The number of likely N-dealkylation sites (tertiary alicyclic amines) is 1. The van der Waals surface area contributed by atoms with Crippen LogP contribution >= 0.6 is 0 Å². The van der Waals surface area contributed by atoms with Crippen molar-refractivity contribution in [3.05, 3.63) is 0 Å². The van der Waals surface area contributed by atoms with Crippen LogP contribution in [0.1, 0.15) is 52.4 Å². The lowest BCUT2D eigenvalue weighted by molar-refractivity contribution is -0.133. The highest BCUT2D eigenvalue weighted by molar-refractivity contribution is 5.76. The first kappa shape index (κ1) is 16.8. The summed E-state index contributed by atoms with van der Waals surface area (Å²) in [6.07, 6.45) is 6.60. The number of carbonyl (C=O) groups excluding carboxylic acids is 1. The highest BCUT2D eigenvalue weighted by Crippen LogP contribution is 2.20. The van der Waals surface area contributed by atoms with Gasteiger partial charge in [0, 0.05) is 38.6 Å². The number of nitrogens with zero attached hydrogens (tertiary/aromatic N) is 2.